The highest BCUT2D eigenvalue weighted by Gasteiger charge is 2.25. The van der Waals surface area contributed by atoms with Gasteiger partial charge < -0.3 is 15.5 Å². The Morgan fingerprint density at radius 3 is 2.36 bits per heavy atom. The number of halogens is 1. The highest BCUT2D eigenvalue weighted by atomic mass is 35.5. The van der Waals surface area contributed by atoms with Crippen LogP contribution in [0.5, 0.6) is 0 Å². The first kappa shape index (κ1) is 24.2. The van der Waals surface area contributed by atoms with E-state index in [1.165, 1.54) is 16.8 Å². The van der Waals surface area contributed by atoms with Gasteiger partial charge in [0.2, 0.25) is 0 Å². The Morgan fingerprint density at radius 2 is 1.82 bits per heavy atom. The van der Waals surface area contributed by atoms with Crippen molar-refractivity contribution >= 4 is 39.2 Å². The molecule has 33 heavy (non-hydrogen) atoms. The number of amides is 1. The number of aliphatic hydroxyl groups is 1. The minimum Gasteiger partial charge on any atom is -0.480 e. The van der Waals surface area contributed by atoms with Crippen LogP contribution in [-0.4, -0.2) is 52.9 Å². The first-order valence-corrected chi connectivity index (χ1v) is 11.5. The summed E-state index contributed by atoms with van der Waals surface area (Å²) in [5, 5.41) is 24.2. The van der Waals surface area contributed by atoms with Gasteiger partial charge in [-0.25, -0.2) is 13.2 Å². The molecule has 1 atom stereocenters. The van der Waals surface area contributed by atoms with Crippen molar-refractivity contribution in [2.75, 3.05) is 11.3 Å². The second kappa shape index (κ2) is 9.61. The predicted octanol–water partition coefficient (Wildman–Crippen LogP) is 2.03. The topological polar surface area (TPSA) is 151 Å². The number of nitrogens with zero attached hydrogens (tertiary/aromatic N) is 2. The molecule has 4 N–H and O–H groups in total. The number of benzene rings is 2. The van der Waals surface area contributed by atoms with E-state index >= 15 is 0 Å². The molecule has 0 aliphatic heterocycles. The van der Waals surface area contributed by atoms with Gasteiger partial charge in [0.15, 0.2) is 6.04 Å². The van der Waals surface area contributed by atoms with E-state index in [-0.39, 0.29) is 21.3 Å². The number of anilines is 1. The van der Waals surface area contributed by atoms with Gasteiger partial charge in [0.05, 0.1) is 12.3 Å². The molecule has 0 spiro atoms. The van der Waals surface area contributed by atoms with E-state index in [4.69, 9.17) is 21.8 Å². The fraction of sp³-hybridized carbons (Fsp3) is 0.190. The lowest BCUT2D eigenvalue weighted by Gasteiger charge is -2.12. The molecule has 0 fully saturated rings. The summed E-state index contributed by atoms with van der Waals surface area (Å²) in [7, 11) is -2.43. The third kappa shape index (κ3) is 5.33. The van der Waals surface area contributed by atoms with Crippen molar-refractivity contribution in [1.82, 2.24) is 15.1 Å². The average Bonchev–Trinajstić information content (AvgIpc) is 3.03. The van der Waals surface area contributed by atoms with Crippen LogP contribution in [0.15, 0.2) is 53.4 Å². The van der Waals surface area contributed by atoms with Gasteiger partial charge in [0.25, 0.3) is 15.9 Å². The first-order chi connectivity index (χ1) is 15.5. The van der Waals surface area contributed by atoms with E-state index in [1.807, 2.05) is 0 Å². The average molecular weight is 493 g/mol. The summed E-state index contributed by atoms with van der Waals surface area (Å²) < 4.78 is 29.4. The van der Waals surface area contributed by atoms with Gasteiger partial charge in [-0.3, -0.25) is 14.2 Å². The smallest absolute Gasteiger partial charge is 0.328 e. The molecule has 2 aromatic carbocycles. The predicted molar refractivity (Wildman–Crippen MR) is 122 cm³/mol. The highest BCUT2D eigenvalue weighted by Crippen LogP contribution is 2.28. The third-order valence-corrected chi connectivity index (χ3v) is 6.83. The number of hydrogen-bond donors (Lipinski definition) is 4. The number of carbonyl (C=O) groups is 2. The van der Waals surface area contributed by atoms with E-state index in [0.717, 1.165) is 0 Å². The lowest BCUT2D eigenvalue weighted by Crippen LogP contribution is -2.43. The lowest BCUT2D eigenvalue weighted by molar-refractivity contribution is -0.140. The molecule has 0 radical (unpaired) electrons. The maximum absolute atomic E-state index is 12.8. The second-order valence-electron chi connectivity index (χ2n) is 7.14. The van der Waals surface area contributed by atoms with Crippen molar-refractivity contribution in [3.8, 4) is 11.1 Å². The molecule has 3 rings (SSSR count). The largest absolute Gasteiger partial charge is 0.480 e. The van der Waals surface area contributed by atoms with Crippen LogP contribution in [0.4, 0.5) is 5.69 Å². The van der Waals surface area contributed by atoms with Gasteiger partial charge in [-0.15, -0.1) is 0 Å². The zero-order chi connectivity index (χ0) is 24.3. The minimum atomic E-state index is -3.98. The third-order valence-electron chi connectivity index (χ3n) is 4.75. The summed E-state index contributed by atoms with van der Waals surface area (Å²) in [6, 6.07) is 11.5. The Bertz CT molecular complexity index is 1300. The number of aryl methyl sites for hydroxylation is 2. The summed E-state index contributed by atoms with van der Waals surface area (Å²) in [5.74, 6) is -1.99. The Labute approximate surface area is 194 Å². The van der Waals surface area contributed by atoms with E-state index < -0.39 is 34.5 Å². The van der Waals surface area contributed by atoms with Gasteiger partial charge in [-0.2, -0.15) is 5.10 Å². The molecule has 3 aromatic rings. The Hall–Kier alpha value is -3.41. The Kier molecular flexibility index (Phi) is 7.06. The van der Waals surface area contributed by atoms with Crippen LogP contribution in [0.2, 0.25) is 5.15 Å². The number of carbonyl (C=O) groups excluding carboxylic acids is 1. The van der Waals surface area contributed by atoms with Crippen LogP contribution in [-0.2, 0) is 21.9 Å². The standard InChI is InChI=1S/C21H21ClN4O6S/c1-12-18(19(22)26(2)24-12)33(31,32)25-16-5-3-4-15(10-16)13-6-8-14(9-7-13)20(28)23-17(11-27)21(29)30/h3-10,17,25,27H,11H2,1-2H3,(H,23,28)(H,29,30)/t17-/m0/s1. The number of sulfonamides is 1. The molecule has 0 aliphatic rings. The van der Waals surface area contributed by atoms with Gasteiger partial charge in [0.1, 0.15) is 10.0 Å². The zero-order valence-corrected chi connectivity index (χ0v) is 19.2. The molecule has 12 heteroatoms. The quantitative estimate of drug-likeness (QED) is 0.375. The number of nitrogens with one attached hydrogen (secondary N) is 2. The number of rotatable bonds is 8. The number of hydrogen-bond acceptors (Lipinski definition) is 6. The minimum absolute atomic E-state index is 0.00337. The van der Waals surface area contributed by atoms with Gasteiger partial charge in [-0.05, 0) is 42.3 Å². The van der Waals surface area contributed by atoms with Crippen molar-refractivity contribution in [2.24, 2.45) is 7.05 Å². The number of aliphatic hydroxyl groups excluding tert-OH is 1. The Balaban J connectivity index is 1.81. The molecule has 1 aromatic heterocycles. The van der Waals surface area contributed by atoms with Gasteiger partial charge >= 0.3 is 5.97 Å². The second-order valence-corrected chi connectivity index (χ2v) is 9.12. The molecule has 10 nitrogen and oxygen atoms in total. The van der Waals surface area contributed by atoms with Crippen molar-refractivity contribution in [3.63, 3.8) is 0 Å². The van der Waals surface area contributed by atoms with Crippen LogP contribution >= 0.6 is 11.6 Å². The SMILES string of the molecule is Cc1nn(C)c(Cl)c1S(=O)(=O)Nc1cccc(-c2ccc(C(=O)N[C@@H](CO)C(=O)O)cc2)c1. The van der Waals surface area contributed by atoms with Crippen molar-refractivity contribution < 1.29 is 28.2 Å². The number of aromatic nitrogens is 2. The molecule has 0 saturated carbocycles. The molecule has 0 bridgehead atoms. The van der Waals surface area contributed by atoms with E-state index in [0.29, 0.717) is 16.8 Å². The summed E-state index contributed by atoms with van der Waals surface area (Å²) in [6.45, 7) is 0.819. The molecule has 0 unspecified atom stereocenters. The van der Waals surface area contributed by atoms with Crippen molar-refractivity contribution in [3.05, 3.63) is 64.9 Å². The van der Waals surface area contributed by atoms with E-state index in [1.54, 1.807) is 50.4 Å². The van der Waals surface area contributed by atoms with Gasteiger partial charge in [-0.1, -0.05) is 35.9 Å². The lowest BCUT2D eigenvalue weighted by atomic mass is 10.0. The Morgan fingerprint density at radius 1 is 1.15 bits per heavy atom. The summed E-state index contributed by atoms with van der Waals surface area (Å²) in [4.78, 5) is 23.0. The fourth-order valence-corrected chi connectivity index (χ4v) is 4.93. The molecule has 1 heterocycles. The van der Waals surface area contributed by atoms with Gasteiger partial charge in [0, 0.05) is 18.3 Å². The number of aliphatic carboxylic acids is 1. The normalized spacial score (nSPS) is 12.2. The van der Waals surface area contributed by atoms with Crippen LogP contribution in [0.1, 0.15) is 16.1 Å². The number of carboxylic acid groups (broad SMARTS) is 1. The maximum atomic E-state index is 12.8. The molecular weight excluding hydrogens is 472 g/mol. The summed E-state index contributed by atoms with van der Waals surface area (Å²) in [5.41, 5.74) is 2.15. The van der Waals surface area contributed by atoms with Crippen LogP contribution < -0.4 is 10.0 Å². The van der Waals surface area contributed by atoms with Crippen molar-refractivity contribution in [1.29, 1.82) is 0 Å². The first-order valence-electron chi connectivity index (χ1n) is 9.60. The molecule has 0 saturated heterocycles. The zero-order valence-electron chi connectivity index (χ0n) is 17.6. The molecule has 1 amide bonds. The van der Waals surface area contributed by atoms with Crippen LogP contribution in [0.25, 0.3) is 11.1 Å². The van der Waals surface area contributed by atoms with Crippen LogP contribution in [0, 0.1) is 6.92 Å². The van der Waals surface area contributed by atoms with Crippen LogP contribution in [0.3, 0.4) is 0 Å². The highest BCUT2D eigenvalue weighted by molar-refractivity contribution is 7.92. The fourth-order valence-electron chi connectivity index (χ4n) is 3.13. The summed E-state index contributed by atoms with van der Waals surface area (Å²) >= 11 is 6.09. The monoisotopic (exact) mass is 492 g/mol. The maximum Gasteiger partial charge on any atom is 0.328 e. The number of carboxylic acids is 1. The van der Waals surface area contributed by atoms with Crippen molar-refractivity contribution in [2.45, 2.75) is 17.9 Å². The van der Waals surface area contributed by atoms with E-state index in [9.17, 15) is 18.0 Å². The molecule has 0 aliphatic carbocycles. The molecule has 174 valence electrons. The summed E-state index contributed by atoms with van der Waals surface area (Å²) in [6.07, 6.45) is 0. The van der Waals surface area contributed by atoms with E-state index in [2.05, 4.69) is 15.1 Å². The molecular formula is C21H21ClN4O6S.